The molecule has 74 valence electrons. The number of benzene rings is 1. The summed E-state index contributed by atoms with van der Waals surface area (Å²) in [6, 6.07) is 3.98. The van der Waals surface area contributed by atoms with Crippen molar-refractivity contribution in [1.82, 2.24) is 5.32 Å². The fraction of sp³-hybridized carbons (Fsp3) is 0.455. The molecule has 3 rings (SSSR count). The van der Waals surface area contributed by atoms with Gasteiger partial charge in [-0.15, -0.1) is 0 Å². The molecule has 1 aromatic carbocycles. The second-order valence-corrected chi connectivity index (χ2v) is 4.50. The Labute approximate surface area is 87.3 Å². The van der Waals surface area contributed by atoms with E-state index >= 15 is 0 Å². The molecule has 1 saturated heterocycles. The molecule has 0 radical (unpaired) electrons. The summed E-state index contributed by atoms with van der Waals surface area (Å²) in [6.45, 7) is 0.987. The first-order valence-electron chi connectivity index (χ1n) is 4.98. The Morgan fingerprint density at radius 3 is 3.14 bits per heavy atom. The highest BCUT2D eigenvalue weighted by Gasteiger charge is 2.36. The minimum absolute atomic E-state index is 0.194. The van der Waals surface area contributed by atoms with Crippen molar-refractivity contribution in [2.24, 2.45) is 0 Å². The van der Waals surface area contributed by atoms with Crippen molar-refractivity contribution >= 4 is 11.6 Å². The molecule has 1 fully saturated rings. The molecule has 14 heavy (non-hydrogen) atoms. The van der Waals surface area contributed by atoms with Gasteiger partial charge in [0.15, 0.2) is 0 Å². The van der Waals surface area contributed by atoms with E-state index in [2.05, 4.69) is 5.32 Å². The van der Waals surface area contributed by atoms with Crippen LogP contribution in [-0.2, 0) is 0 Å². The minimum Gasteiger partial charge on any atom is -0.310 e. The van der Waals surface area contributed by atoms with Gasteiger partial charge in [0.05, 0.1) is 5.02 Å². The third kappa shape index (κ3) is 1.04. The molecule has 0 unspecified atom stereocenters. The summed E-state index contributed by atoms with van der Waals surface area (Å²) in [6.07, 6.45) is 2.06. The van der Waals surface area contributed by atoms with Gasteiger partial charge in [-0.25, -0.2) is 4.39 Å². The molecule has 0 spiro atoms. The van der Waals surface area contributed by atoms with Gasteiger partial charge in [-0.2, -0.15) is 0 Å². The monoisotopic (exact) mass is 211 g/mol. The molecule has 3 heteroatoms. The van der Waals surface area contributed by atoms with E-state index in [0.29, 0.717) is 12.0 Å². The second-order valence-electron chi connectivity index (χ2n) is 4.09. The smallest absolute Gasteiger partial charge is 0.145 e. The maximum absolute atomic E-state index is 13.8. The molecule has 2 aliphatic rings. The molecular weight excluding hydrogens is 201 g/mol. The fourth-order valence-corrected chi connectivity index (χ4v) is 2.88. The molecule has 0 aromatic heterocycles. The molecular formula is C11H11ClFN. The highest BCUT2D eigenvalue weighted by Crippen LogP contribution is 2.46. The Balaban J connectivity index is 2.21. The van der Waals surface area contributed by atoms with Crippen LogP contribution < -0.4 is 5.32 Å². The Morgan fingerprint density at radius 2 is 2.29 bits per heavy atom. The van der Waals surface area contributed by atoms with Crippen LogP contribution in [-0.4, -0.2) is 6.54 Å². The molecule has 1 aliphatic carbocycles. The zero-order valence-corrected chi connectivity index (χ0v) is 8.44. The lowest BCUT2D eigenvalue weighted by Gasteiger charge is -2.20. The number of rotatable bonds is 0. The van der Waals surface area contributed by atoms with E-state index in [1.807, 2.05) is 6.07 Å². The Kier molecular flexibility index (Phi) is 1.83. The largest absolute Gasteiger partial charge is 0.310 e. The summed E-state index contributed by atoms with van der Waals surface area (Å²) in [4.78, 5) is 0. The first-order chi connectivity index (χ1) is 6.77. The van der Waals surface area contributed by atoms with Gasteiger partial charge in [0, 0.05) is 6.04 Å². The van der Waals surface area contributed by atoms with Crippen LogP contribution in [0.3, 0.4) is 0 Å². The Bertz CT molecular complexity index is 391. The van der Waals surface area contributed by atoms with Gasteiger partial charge in [0.1, 0.15) is 5.82 Å². The molecule has 1 N–H and O–H groups in total. The van der Waals surface area contributed by atoms with Crippen LogP contribution in [0, 0.1) is 5.82 Å². The van der Waals surface area contributed by atoms with Gasteiger partial charge >= 0.3 is 0 Å². The summed E-state index contributed by atoms with van der Waals surface area (Å²) in [5, 5.41) is 3.66. The first kappa shape index (κ1) is 8.69. The second kappa shape index (κ2) is 2.94. The average Bonchev–Trinajstić information content (AvgIpc) is 2.45. The summed E-state index contributed by atoms with van der Waals surface area (Å²) in [5.41, 5.74) is 1.99. The molecule has 1 aliphatic heterocycles. The van der Waals surface area contributed by atoms with Crippen molar-refractivity contribution in [2.45, 2.75) is 24.8 Å². The van der Waals surface area contributed by atoms with Crippen LogP contribution in [0.1, 0.15) is 35.9 Å². The van der Waals surface area contributed by atoms with E-state index in [4.69, 9.17) is 11.6 Å². The van der Waals surface area contributed by atoms with Crippen LogP contribution in [0.2, 0.25) is 5.02 Å². The van der Waals surface area contributed by atoms with Gasteiger partial charge < -0.3 is 5.32 Å². The topological polar surface area (TPSA) is 12.0 Å². The van der Waals surface area contributed by atoms with E-state index in [9.17, 15) is 4.39 Å². The summed E-state index contributed by atoms with van der Waals surface area (Å²) >= 11 is 5.79. The highest BCUT2D eigenvalue weighted by atomic mass is 35.5. The Morgan fingerprint density at radius 1 is 1.43 bits per heavy atom. The van der Waals surface area contributed by atoms with Gasteiger partial charge in [0.2, 0.25) is 0 Å². The molecule has 1 aromatic rings. The number of piperidine rings is 1. The van der Waals surface area contributed by atoms with Crippen molar-refractivity contribution < 1.29 is 4.39 Å². The maximum Gasteiger partial charge on any atom is 0.145 e. The first-order valence-corrected chi connectivity index (χ1v) is 5.36. The lowest BCUT2D eigenvalue weighted by molar-refractivity contribution is 0.406. The fourth-order valence-electron chi connectivity index (χ4n) is 2.72. The van der Waals surface area contributed by atoms with Crippen molar-refractivity contribution in [1.29, 1.82) is 0 Å². The van der Waals surface area contributed by atoms with Crippen LogP contribution in [0.4, 0.5) is 4.39 Å². The van der Waals surface area contributed by atoms with Crippen LogP contribution >= 0.6 is 11.6 Å². The summed E-state index contributed by atoms with van der Waals surface area (Å²) in [7, 11) is 0. The van der Waals surface area contributed by atoms with Crippen molar-refractivity contribution in [3.8, 4) is 0 Å². The normalized spacial score (nSPS) is 29.0. The van der Waals surface area contributed by atoms with Crippen molar-refractivity contribution in [2.75, 3.05) is 6.54 Å². The van der Waals surface area contributed by atoms with Gasteiger partial charge in [0.25, 0.3) is 0 Å². The summed E-state index contributed by atoms with van der Waals surface area (Å²) in [5.74, 6) is 0.190. The molecule has 1 heterocycles. The molecule has 0 saturated carbocycles. The van der Waals surface area contributed by atoms with Crippen LogP contribution in [0.5, 0.6) is 0 Å². The zero-order chi connectivity index (χ0) is 9.71. The average molecular weight is 212 g/mol. The number of nitrogens with one attached hydrogen (secondary N) is 1. The van der Waals surface area contributed by atoms with E-state index in [-0.39, 0.29) is 10.8 Å². The lowest BCUT2D eigenvalue weighted by atomic mass is 9.96. The third-order valence-corrected chi connectivity index (χ3v) is 3.65. The predicted molar refractivity (Wildman–Crippen MR) is 54.1 cm³/mol. The predicted octanol–water partition coefficient (Wildman–Crippen LogP) is 3.00. The highest BCUT2D eigenvalue weighted by molar-refractivity contribution is 6.30. The number of fused-ring (bicyclic) bond motifs is 5. The lowest BCUT2D eigenvalue weighted by Crippen LogP contribution is -2.24. The number of hydrogen-bond acceptors (Lipinski definition) is 1. The zero-order valence-electron chi connectivity index (χ0n) is 7.69. The molecule has 0 amide bonds. The van der Waals surface area contributed by atoms with Gasteiger partial charge in [-0.05, 0) is 42.5 Å². The van der Waals surface area contributed by atoms with E-state index in [1.54, 1.807) is 6.07 Å². The van der Waals surface area contributed by atoms with Crippen LogP contribution in [0.15, 0.2) is 12.1 Å². The van der Waals surface area contributed by atoms with E-state index in [0.717, 1.165) is 30.5 Å². The Hall–Kier alpha value is -0.600. The summed E-state index contributed by atoms with van der Waals surface area (Å²) < 4.78 is 13.8. The maximum atomic E-state index is 13.8. The van der Waals surface area contributed by atoms with E-state index < -0.39 is 0 Å². The molecule has 2 atom stereocenters. The quantitative estimate of drug-likeness (QED) is 0.696. The SMILES string of the molecule is Fc1c(Cl)ccc2c1[C@H]1CCN[C@@H]2C1. The van der Waals surface area contributed by atoms with E-state index in [1.165, 1.54) is 0 Å². The number of halogens is 2. The van der Waals surface area contributed by atoms with Crippen molar-refractivity contribution in [3.63, 3.8) is 0 Å². The van der Waals surface area contributed by atoms with Crippen LogP contribution in [0.25, 0.3) is 0 Å². The standard InChI is InChI=1S/C11H11ClFN/c12-8-2-1-7-9-5-6(3-4-14-9)10(7)11(8)13/h1-2,6,9,14H,3-5H2/t6-,9+/m0/s1. The van der Waals surface area contributed by atoms with Crippen molar-refractivity contribution in [3.05, 3.63) is 34.1 Å². The minimum atomic E-state index is -0.194. The third-order valence-electron chi connectivity index (χ3n) is 3.35. The van der Waals surface area contributed by atoms with Gasteiger partial charge in [-0.1, -0.05) is 17.7 Å². The van der Waals surface area contributed by atoms with Gasteiger partial charge in [-0.3, -0.25) is 0 Å². The molecule has 1 nitrogen and oxygen atoms in total. The molecule has 2 bridgehead atoms. The number of hydrogen-bond donors (Lipinski definition) is 1.